The topological polar surface area (TPSA) is 80.4 Å². The van der Waals surface area contributed by atoms with Gasteiger partial charge in [-0.3, -0.25) is 4.79 Å². The van der Waals surface area contributed by atoms with Gasteiger partial charge in [-0.25, -0.2) is 4.79 Å². The summed E-state index contributed by atoms with van der Waals surface area (Å²) in [5, 5.41) is 3.74. The lowest BCUT2D eigenvalue weighted by atomic mass is 9.74. The number of carbonyl (C=O) groups is 2. The Bertz CT molecular complexity index is 929. The monoisotopic (exact) mass is 432 g/mol. The van der Waals surface area contributed by atoms with Crippen LogP contribution in [-0.4, -0.2) is 42.7 Å². The summed E-state index contributed by atoms with van der Waals surface area (Å²) >= 11 is 6.22. The number of carbonyl (C=O) groups excluding carboxylic acids is 2. The molecule has 2 N–H and O–H groups in total. The number of halogens is 1. The Kier molecular flexibility index (Phi) is 6.88. The molecule has 0 spiro atoms. The fourth-order valence-electron chi connectivity index (χ4n) is 4.04. The quantitative estimate of drug-likeness (QED) is 0.666. The third kappa shape index (κ3) is 4.71. The van der Waals surface area contributed by atoms with E-state index in [1.54, 1.807) is 27.7 Å². The van der Waals surface area contributed by atoms with Crippen molar-refractivity contribution in [2.45, 2.75) is 52.1 Å². The number of hydrogen-bond acceptors (Lipinski definition) is 4. The molecular formula is C23H29ClN2O4. The Morgan fingerprint density at radius 3 is 2.60 bits per heavy atom. The molecule has 1 fully saturated rings. The molecule has 1 aliphatic heterocycles. The van der Waals surface area contributed by atoms with E-state index in [2.05, 4.69) is 10.3 Å². The smallest absolute Gasteiger partial charge is 0.340 e. The van der Waals surface area contributed by atoms with Crippen molar-refractivity contribution >= 4 is 23.5 Å². The predicted octanol–water partition coefficient (Wildman–Crippen LogP) is 4.33. The van der Waals surface area contributed by atoms with E-state index >= 15 is 0 Å². The third-order valence-electron chi connectivity index (χ3n) is 5.69. The number of amides is 1. The zero-order chi connectivity index (χ0) is 21.9. The summed E-state index contributed by atoms with van der Waals surface area (Å²) in [6, 6.07) is 7.79. The van der Waals surface area contributed by atoms with Crippen molar-refractivity contribution in [1.82, 2.24) is 10.3 Å². The fourth-order valence-corrected chi connectivity index (χ4v) is 4.23. The molecule has 3 rings (SSSR count). The Hall–Kier alpha value is -2.31. The summed E-state index contributed by atoms with van der Waals surface area (Å²) in [5.74, 6) is -0.665. The number of hydrogen-bond donors (Lipinski definition) is 2. The second kappa shape index (κ2) is 9.23. The first-order chi connectivity index (χ1) is 14.2. The van der Waals surface area contributed by atoms with E-state index in [0.717, 1.165) is 18.4 Å². The lowest BCUT2D eigenvalue weighted by Gasteiger charge is -2.38. The van der Waals surface area contributed by atoms with Crippen LogP contribution in [0.4, 0.5) is 0 Å². The summed E-state index contributed by atoms with van der Waals surface area (Å²) in [6.07, 6.45) is 1.36. The van der Waals surface area contributed by atoms with Gasteiger partial charge >= 0.3 is 5.97 Å². The van der Waals surface area contributed by atoms with Gasteiger partial charge in [-0.05, 0) is 63.8 Å². The van der Waals surface area contributed by atoms with Crippen molar-refractivity contribution in [2.75, 3.05) is 19.8 Å². The van der Waals surface area contributed by atoms with Crippen LogP contribution in [-0.2, 0) is 14.9 Å². The minimum Gasteiger partial charge on any atom is -0.459 e. The molecule has 1 aromatic heterocycles. The van der Waals surface area contributed by atoms with Crippen LogP contribution < -0.4 is 5.32 Å². The maximum absolute atomic E-state index is 13.0. The van der Waals surface area contributed by atoms with Gasteiger partial charge in [-0.1, -0.05) is 23.7 Å². The van der Waals surface area contributed by atoms with Crippen molar-refractivity contribution in [3.63, 3.8) is 0 Å². The highest BCUT2D eigenvalue weighted by Crippen LogP contribution is 2.35. The average Bonchev–Trinajstić information content (AvgIpc) is 3.00. The van der Waals surface area contributed by atoms with Crippen LogP contribution in [0.5, 0.6) is 0 Å². The maximum Gasteiger partial charge on any atom is 0.340 e. The van der Waals surface area contributed by atoms with Gasteiger partial charge in [-0.15, -0.1) is 0 Å². The highest BCUT2D eigenvalue weighted by molar-refractivity contribution is 6.30. The van der Waals surface area contributed by atoms with E-state index < -0.39 is 5.97 Å². The van der Waals surface area contributed by atoms with Gasteiger partial charge in [0.25, 0.3) is 5.91 Å². The molecule has 1 saturated heterocycles. The summed E-state index contributed by atoms with van der Waals surface area (Å²) in [5.41, 5.74) is 2.88. The molecule has 6 nitrogen and oxygen atoms in total. The van der Waals surface area contributed by atoms with E-state index in [4.69, 9.17) is 21.1 Å². The van der Waals surface area contributed by atoms with Crippen LogP contribution in [0.3, 0.4) is 0 Å². The predicted molar refractivity (Wildman–Crippen MR) is 116 cm³/mol. The summed E-state index contributed by atoms with van der Waals surface area (Å²) in [6.45, 7) is 8.85. The maximum atomic E-state index is 13.0. The van der Waals surface area contributed by atoms with Crippen LogP contribution in [0.25, 0.3) is 0 Å². The van der Waals surface area contributed by atoms with Gasteiger partial charge in [0.15, 0.2) is 0 Å². The van der Waals surface area contributed by atoms with Crippen LogP contribution in [0.2, 0.25) is 5.02 Å². The number of rotatable bonds is 6. The first-order valence-electron chi connectivity index (χ1n) is 10.3. The van der Waals surface area contributed by atoms with E-state index in [-0.39, 0.29) is 17.4 Å². The van der Waals surface area contributed by atoms with Crippen molar-refractivity contribution in [1.29, 1.82) is 0 Å². The van der Waals surface area contributed by atoms with Crippen molar-refractivity contribution < 1.29 is 19.1 Å². The lowest BCUT2D eigenvalue weighted by molar-refractivity contribution is 0.0376. The third-order valence-corrected chi connectivity index (χ3v) is 5.92. The minimum absolute atomic E-state index is 0.227. The molecule has 0 bridgehead atoms. The molecule has 0 unspecified atom stereocenters. The summed E-state index contributed by atoms with van der Waals surface area (Å²) in [7, 11) is 0. The first-order valence-corrected chi connectivity index (χ1v) is 10.6. The molecule has 0 aliphatic carbocycles. The molecule has 0 saturated carbocycles. The molecule has 2 aromatic rings. The Morgan fingerprint density at radius 2 is 1.97 bits per heavy atom. The Balaban J connectivity index is 1.81. The van der Waals surface area contributed by atoms with Crippen LogP contribution >= 0.6 is 11.6 Å². The van der Waals surface area contributed by atoms with Gasteiger partial charge in [0.2, 0.25) is 0 Å². The summed E-state index contributed by atoms with van der Waals surface area (Å²) in [4.78, 5) is 28.5. The van der Waals surface area contributed by atoms with Gasteiger partial charge in [-0.2, -0.15) is 0 Å². The SMILES string of the molecule is Cc1[nH]c(C(=O)NCC2(c3cccc(Cl)c3)CCOCC2)c(C)c1C(=O)OC(C)C. The number of benzene rings is 1. The normalized spacial score (nSPS) is 15.8. The van der Waals surface area contributed by atoms with Crippen molar-refractivity contribution in [3.05, 3.63) is 57.4 Å². The number of H-pyrrole nitrogens is 1. The van der Waals surface area contributed by atoms with E-state index in [0.29, 0.717) is 47.3 Å². The molecule has 1 amide bonds. The Labute approximate surface area is 182 Å². The number of esters is 1. The van der Waals surface area contributed by atoms with Crippen LogP contribution in [0, 0.1) is 13.8 Å². The number of aromatic amines is 1. The first kappa shape index (κ1) is 22.4. The second-order valence-corrected chi connectivity index (χ2v) is 8.60. The largest absolute Gasteiger partial charge is 0.459 e. The number of aromatic nitrogens is 1. The lowest BCUT2D eigenvalue weighted by Crippen LogP contribution is -2.44. The number of ether oxygens (including phenoxy) is 2. The zero-order valence-corrected chi connectivity index (χ0v) is 18.7. The van der Waals surface area contributed by atoms with Crippen LogP contribution in [0.15, 0.2) is 24.3 Å². The second-order valence-electron chi connectivity index (χ2n) is 8.16. The van der Waals surface area contributed by atoms with E-state index in [1.807, 2.05) is 24.3 Å². The summed E-state index contributed by atoms with van der Waals surface area (Å²) < 4.78 is 10.9. The molecule has 30 heavy (non-hydrogen) atoms. The Morgan fingerprint density at radius 1 is 1.27 bits per heavy atom. The van der Waals surface area contributed by atoms with Gasteiger partial charge in [0.05, 0.1) is 11.7 Å². The molecule has 1 aromatic carbocycles. The van der Waals surface area contributed by atoms with Gasteiger partial charge < -0.3 is 19.8 Å². The highest BCUT2D eigenvalue weighted by atomic mass is 35.5. The molecular weight excluding hydrogens is 404 g/mol. The fraction of sp³-hybridized carbons (Fsp3) is 0.478. The highest BCUT2D eigenvalue weighted by Gasteiger charge is 2.35. The zero-order valence-electron chi connectivity index (χ0n) is 17.9. The van der Waals surface area contributed by atoms with Gasteiger partial charge in [0.1, 0.15) is 5.69 Å². The van der Waals surface area contributed by atoms with E-state index in [1.165, 1.54) is 0 Å². The molecule has 1 aliphatic rings. The van der Waals surface area contributed by atoms with Crippen molar-refractivity contribution in [3.8, 4) is 0 Å². The molecule has 0 radical (unpaired) electrons. The van der Waals surface area contributed by atoms with Crippen molar-refractivity contribution in [2.24, 2.45) is 0 Å². The van der Waals surface area contributed by atoms with E-state index in [9.17, 15) is 9.59 Å². The molecule has 162 valence electrons. The standard InChI is InChI=1S/C23H29ClN2O4/c1-14(2)30-22(28)19-15(3)20(26-16(19)4)21(27)25-13-23(8-10-29-11-9-23)17-6-5-7-18(24)12-17/h5-7,12,14,26H,8-11,13H2,1-4H3,(H,25,27). The van der Waals surface area contributed by atoms with Gasteiger partial charge in [0, 0.05) is 35.9 Å². The van der Waals surface area contributed by atoms with Crippen LogP contribution in [0.1, 0.15) is 64.4 Å². The molecule has 7 heteroatoms. The number of nitrogens with one attached hydrogen (secondary N) is 2. The number of aryl methyl sites for hydroxylation is 1. The molecule has 2 heterocycles. The molecule has 0 atom stereocenters. The average molecular weight is 433 g/mol. The minimum atomic E-state index is -0.421.